The quantitative estimate of drug-likeness (QED) is 0.824. The first kappa shape index (κ1) is 11.9. The van der Waals surface area contributed by atoms with Crippen LogP contribution in [0.15, 0.2) is 24.3 Å². The molecule has 2 nitrogen and oxygen atoms in total. The summed E-state index contributed by atoms with van der Waals surface area (Å²) in [7, 11) is 0. The van der Waals surface area contributed by atoms with Crippen molar-refractivity contribution in [3.05, 3.63) is 35.4 Å². The van der Waals surface area contributed by atoms with Crippen LogP contribution in [0, 0.1) is 5.41 Å². The van der Waals surface area contributed by atoms with Crippen LogP contribution >= 0.6 is 0 Å². The van der Waals surface area contributed by atoms with E-state index >= 15 is 0 Å². The first-order valence-corrected chi connectivity index (χ1v) is 5.16. The van der Waals surface area contributed by atoms with Crippen LogP contribution in [0.5, 0.6) is 0 Å². The van der Waals surface area contributed by atoms with E-state index < -0.39 is 0 Å². The number of ketones is 1. The molecule has 1 rings (SSSR count). The fourth-order valence-electron chi connectivity index (χ4n) is 1.32. The first-order valence-electron chi connectivity index (χ1n) is 5.16. The number of rotatable bonds is 3. The zero-order valence-electron chi connectivity index (χ0n) is 9.58. The summed E-state index contributed by atoms with van der Waals surface area (Å²) < 4.78 is 0. The zero-order chi connectivity index (χ0) is 11.5. The largest absolute Gasteiger partial charge is 0.392 e. The highest BCUT2D eigenvalue weighted by Crippen LogP contribution is 2.19. The molecule has 0 spiro atoms. The lowest BCUT2D eigenvalue weighted by Gasteiger charge is -2.17. The van der Waals surface area contributed by atoms with Crippen molar-refractivity contribution in [1.82, 2.24) is 0 Å². The fraction of sp³-hybridized carbons (Fsp3) is 0.462. The highest BCUT2D eigenvalue weighted by Gasteiger charge is 2.21. The molecule has 0 aliphatic carbocycles. The maximum absolute atomic E-state index is 11.8. The fourth-order valence-corrected chi connectivity index (χ4v) is 1.32. The van der Waals surface area contributed by atoms with Crippen LogP contribution in [0.1, 0.15) is 31.9 Å². The molecule has 82 valence electrons. The molecule has 15 heavy (non-hydrogen) atoms. The van der Waals surface area contributed by atoms with Gasteiger partial charge in [0, 0.05) is 11.8 Å². The third-order valence-electron chi connectivity index (χ3n) is 2.48. The number of benzene rings is 1. The maximum Gasteiger partial charge on any atom is 0.142 e. The van der Waals surface area contributed by atoms with Gasteiger partial charge in [-0.1, -0.05) is 45.0 Å². The average molecular weight is 206 g/mol. The molecule has 0 saturated carbocycles. The Morgan fingerprint density at radius 3 is 2.20 bits per heavy atom. The average Bonchev–Trinajstić information content (AvgIpc) is 2.17. The van der Waals surface area contributed by atoms with Crippen molar-refractivity contribution in [3.8, 4) is 0 Å². The number of hydrogen-bond donors (Lipinski definition) is 1. The summed E-state index contributed by atoms with van der Waals surface area (Å²) in [5.74, 6) is 0.198. The van der Waals surface area contributed by atoms with E-state index in [1.165, 1.54) is 0 Å². The third-order valence-corrected chi connectivity index (χ3v) is 2.48. The lowest BCUT2D eigenvalue weighted by atomic mass is 9.86. The molecule has 0 bridgehead atoms. The van der Waals surface area contributed by atoms with Crippen molar-refractivity contribution < 1.29 is 9.90 Å². The highest BCUT2D eigenvalue weighted by atomic mass is 16.3. The van der Waals surface area contributed by atoms with Gasteiger partial charge in [0.25, 0.3) is 0 Å². The van der Waals surface area contributed by atoms with Crippen LogP contribution in [-0.4, -0.2) is 10.9 Å². The molecule has 0 saturated heterocycles. The van der Waals surface area contributed by atoms with Crippen LogP contribution in [0.2, 0.25) is 0 Å². The molecule has 0 amide bonds. The van der Waals surface area contributed by atoms with Crippen LogP contribution in [0.4, 0.5) is 0 Å². The Labute approximate surface area is 90.9 Å². The van der Waals surface area contributed by atoms with Crippen LogP contribution in [-0.2, 0) is 17.8 Å². The number of Topliss-reactive ketones (excluding diaryl/α,β-unsaturated/α-hetero) is 1. The second-order valence-electron chi connectivity index (χ2n) is 4.78. The summed E-state index contributed by atoms with van der Waals surface area (Å²) in [5, 5.41) is 9.12. The molecule has 0 aliphatic heterocycles. The van der Waals surface area contributed by atoms with Gasteiger partial charge in [0.15, 0.2) is 0 Å². The van der Waals surface area contributed by atoms with E-state index in [0.29, 0.717) is 6.42 Å². The van der Waals surface area contributed by atoms with Gasteiger partial charge < -0.3 is 5.11 Å². The normalized spacial score (nSPS) is 11.5. The summed E-state index contributed by atoms with van der Waals surface area (Å²) in [6.45, 7) is 5.73. The molecule has 1 aromatic rings. The smallest absolute Gasteiger partial charge is 0.142 e. The van der Waals surface area contributed by atoms with E-state index in [1.54, 1.807) is 0 Å². The minimum atomic E-state index is -0.317. The number of aliphatic hydroxyl groups is 1. The van der Waals surface area contributed by atoms with Crippen molar-refractivity contribution in [2.75, 3.05) is 0 Å². The Bertz CT molecular complexity index is 348. The van der Waals surface area contributed by atoms with E-state index in [4.69, 9.17) is 5.11 Å². The maximum atomic E-state index is 11.8. The van der Waals surface area contributed by atoms with Gasteiger partial charge >= 0.3 is 0 Å². The lowest BCUT2D eigenvalue weighted by Crippen LogP contribution is -2.22. The van der Waals surface area contributed by atoms with E-state index in [1.807, 2.05) is 45.0 Å². The predicted octanol–water partition coefficient (Wildman–Crippen LogP) is 2.34. The van der Waals surface area contributed by atoms with Crippen LogP contribution in [0.3, 0.4) is 0 Å². The second-order valence-corrected chi connectivity index (χ2v) is 4.78. The van der Waals surface area contributed by atoms with Gasteiger partial charge in [-0.15, -0.1) is 0 Å². The molecule has 0 heterocycles. The Balaban J connectivity index is 2.85. The summed E-state index contributed by atoms with van der Waals surface area (Å²) in [6, 6.07) is 7.52. The first-order chi connectivity index (χ1) is 6.95. The van der Waals surface area contributed by atoms with Crippen molar-refractivity contribution in [1.29, 1.82) is 0 Å². The SMILES string of the molecule is CC(C)(C)C(=O)Cc1ccccc1CO. The Kier molecular flexibility index (Phi) is 3.64. The van der Waals surface area contributed by atoms with Crippen LogP contribution in [0.25, 0.3) is 0 Å². The monoisotopic (exact) mass is 206 g/mol. The molecule has 0 atom stereocenters. The highest BCUT2D eigenvalue weighted by molar-refractivity contribution is 5.85. The zero-order valence-corrected chi connectivity index (χ0v) is 9.58. The molecular formula is C13H18O2. The molecule has 2 heteroatoms. The van der Waals surface area contributed by atoms with Gasteiger partial charge in [-0.25, -0.2) is 0 Å². The second kappa shape index (κ2) is 4.58. The summed E-state index contributed by atoms with van der Waals surface area (Å²) >= 11 is 0. The molecule has 1 aromatic carbocycles. The molecule has 0 aromatic heterocycles. The number of carbonyl (C=O) groups is 1. The van der Waals surface area contributed by atoms with Crippen LogP contribution < -0.4 is 0 Å². The van der Waals surface area contributed by atoms with Crippen molar-refractivity contribution >= 4 is 5.78 Å². The molecular weight excluding hydrogens is 188 g/mol. The summed E-state index contributed by atoms with van der Waals surface area (Å²) in [4.78, 5) is 11.8. The van der Waals surface area contributed by atoms with E-state index in [0.717, 1.165) is 11.1 Å². The van der Waals surface area contributed by atoms with E-state index in [2.05, 4.69) is 0 Å². The number of aliphatic hydroxyl groups excluding tert-OH is 1. The molecule has 1 N–H and O–H groups in total. The molecule has 0 radical (unpaired) electrons. The van der Waals surface area contributed by atoms with Crippen molar-refractivity contribution in [3.63, 3.8) is 0 Å². The van der Waals surface area contributed by atoms with Gasteiger partial charge in [0.2, 0.25) is 0 Å². The number of hydrogen-bond acceptors (Lipinski definition) is 2. The standard InChI is InChI=1S/C13H18O2/c1-13(2,3)12(15)8-10-6-4-5-7-11(10)9-14/h4-7,14H,8-9H2,1-3H3. The minimum absolute atomic E-state index is 0.00635. The molecule has 0 unspecified atom stereocenters. The summed E-state index contributed by atoms with van der Waals surface area (Å²) in [5.41, 5.74) is 1.46. The van der Waals surface area contributed by atoms with Crippen molar-refractivity contribution in [2.24, 2.45) is 5.41 Å². The Hall–Kier alpha value is -1.15. The van der Waals surface area contributed by atoms with Gasteiger partial charge in [-0.3, -0.25) is 4.79 Å². The molecule has 0 fully saturated rings. The topological polar surface area (TPSA) is 37.3 Å². The van der Waals surface area contributed by atoms with E-state index in [-0.39, 0.29) is 17.8 Å². The Morgan fingerprint density at radius 2 is 1.73 bits per heavy atom. The third kappa shape index (κ3) is 3.17. The summed E-state index contributed by atoms with van der Waals surface area (Å²) in [6.07, 6.45) is 0.403. The minimum Gasteiger partial charge on any atom is -0.392 e. The lowest BCUT2D eigenvalue weighted by molar-refractivity contribution is -0.125. The molecule has 0 aliphatic rings. The van der Waals surface area contributed by atoms with Gasteiger partial charge in [0.1, 0.15) is 5.78 Å². The number of carbonyl (C=O) groups excluding carboxylic acids is 1. The predicted molar refractivity (Wildman–Crippen MR) is 60.5 cm³/mol. The Morgan fingerprint density at radius 1 is 1.20 bits per heavy atom. The van der Waals surface area contributed by atoms with E-state index in [9.17, 15) is 4.79 Å². The van der Waals surface area contributed by atoms with Gasteiger partial charge in [-0.2, -0.15) is 0 Å². The van der Waals surface area contributed by atoms with Gasteiger partial charge in [0.05, 0.1) is 6.61 Å². The van der Waals surface area contributed by atoms with Crippen molar-refractivity contribution in [2.45, 2.75) is 33.8 Å². The van der Waals surface area contributed by atoms with Gasteiger partial charge in [-0.05, 0) is 11.1 Å².